The number of carbonyl (C=O) groups is 1. The summed E-state index contributed by atoms with van der Waals surface area (Å²) in [6, 6.07) is 16.8. The highest BCUT2D eigenvalue weighted by Crippen LogP contribution is 2.28. The molecule has 3 nitrogen and oxygen atoms in total. The van der Waals surface area contributed by atoms with Gasteiger partial charge in [0.2, 0.25) is 5.91 Å². The third kappa shape index (κ3) is 5.47. The molecule has 0 atom stereocenters. The molecule has 27 heavy (non-hydrogen) atoms. The van der Waals surface area contributed by atoms with Crippen molar-refractivity contribution in [3.05, 3.63) is 76.2 Å². The Kier molecular flexibility index (Phi) is 7.13. The maximum atomic E-state index is 12.7. The molecule has 2 N–H and O–H groups in total. The Morgan fingerprint density at radius 2 is 1.89 bits per heavy atom. The fourth-order valence-electron chi connectivity index (χ4n) is 3.68. The predicted octanol–water partition coefficient (Wildman–Crippen LogP) is 4.43. The fourth-order valence-corrected chi connectivity index (χ4v) is 3.97. The van der Waals surface area contributed by atoms with Crippen LogP contribution in [-0.4, -0.2) is 30.2 Å². The Hall–Kier alpha value is -2.04. The van der Waals surface area contributed by atoms with Crippen LogP contribution in [0.2, 0.25) is 0 Å². The Morgan fingerprint density at radius 1 is 1.15 bits per heavy atom. The van der Waals surface area contributed by atoms with Crippen LogP contribution in [0.5, 0.6) is 0 Å². The second-order valence-corrected chi connectivity index (χ2v) is 7.81. The van der Waals surface area contributed by atoms with Gasteiger partial charge in [-0.1, -0.05) is 48.5 Å². The van der Waals surface area contributed by atoms with Gasteiger partial charge in [-0.3, -0.25) is 4.79 Å². The van der Waals surface area contributed by atoms with E-state index in [-0.39, 0.29) is 5.91 Å². The van der Waals surface area contributed by atoms with Gasteiger partial charge < -0.3 is 10.6 Å². The van der Waals surface area contributed by atoms with Gasteiger partial charge in [-0.2, -0.15) is 0 Å². The van der Waals surface area contributed by atoms with E-state index in [4.69, 9.17) is 5.73 Å². The van der Waals surface area contributed by atoms with Crippen LogP contribution in [0.1, 0.15) is 41.0 Å². The molecule has 0 bridgehead atoms. The lowest BCUT2D eigenvalue weighted by molar-refractivity contribution is -0.131. The number of carbonyl (C=O) groups excluding carboxylic acids is 1. The quantitative estimate of drug-likeness (QED) is 0.806. The monoisotopic (exact) mass is 380 g/mol. The maximum Gasteiger partial charge on any atom is 0.226 e. The molecular weight excluding hydrogens is 352 g/mol. The zero-order chi connectivity index (χ0) is 19.1. The summed E-state index contributed by atoms with van der Waals surface area (Å²) in [6.45, 7) is 2.25. The summed E-state index contributed by atoms with van der Waals surface area (Å²) >= 11 is 1.68. The number of amides is 1. The lowest BCUT2D eigenvalue weighted by Gasteiger charge is -2.32. The summed E-state index contributed by atoms with van der Waals surface area (Å²) < 4.78 is 0. The van der Waals surface area contributed by atoms with E-state index in [0.717, 1.165) is 37.1 Å². The highest BCUT2D eigenvalue weighted by molar-refractivity contribution is 8.01. The van der Waals surface area contributed by atoms with Gasteiger partial charge in [0.05, 0.1) is 6.42 Å². The summed E-state index contributed by atoms with van der Waals surface area (Å²) in [5.41, 5.74) is 10.5. The summed E-state index contributed by atoms with van der Waals surface area (Å²) in [6.07, 6.45) is 6.65. The lowest BCUT2D eigenvalue weighted by atomic mass is 9.88. The van der Waals surface area contributed by atoms with Crippen molar-refractivity contribution in [2.75, 3.05) is 19.3 Å². The fraction of sp³-hybridized carbons (Fsp3) is 0.348. The van der Waals surface area contributed by atoms with Gasteiger partial charge in [0.1, 0.15) is 0 Å². The molecule has 0 radical (unpaired) electrons. The minimum absolute atomic E-state index is 0.232. The Labute approximate surface area is 166 Å². The lowest BCUT2D eigenvalue weighted by Crippen LogP contribution is -2.38. The van der Waals surface area contributed by atoms with Crippen LogP contribution in [0.3, 0.4) is 0 Å². The van der Waals surface area contributed by atoms with Crippen molar-refractivity contribution in [1.82, 2.24) is 4.90 Å². The van der Waals surface area contributed by atoms with Crippen LogP contribution in [-0.2, 0) is 17.8 Å². The molecule has 1 fully saturated rings. The highest BCUT2D eigenvalue weighted by atomic mass is 32.2. The van der Waals surface area contributed by atoms with Gasteiger partial charge in [0.25, 0.3) is 0 Å². The molecule has 0 saturated carbocycles. The normalized spacial score (nSPS) is 15.4. The van der Waals surface area contributed by atoms with Gasteiger partial charge in [-0.25, -0.2) is 0 Å². The Bertz CT molecular complexity index is 794. The predicted molar refractivity (Wildman–Crippen MR) is 116 cm³/mol. The molecule has 1 saturated heterocycles. The molecule has 0 aromatic heterocycles. The Morgan fingerprint density at radius 3 is 2.63 bits per heavy atom. The third-order valence-electron chi connectivity index (χ3n) is 5.21. The molecule has 2 aromatic rings. The molecule has 1 aliphatic rings. The van der Waals surface area contributed by atoms with Crippen molar-refractivity contribution in [3.8, 4) is 0 Å². The first-order valence-corrected chi connectivity index (χ1v) is 10.8. The molecular formula is C23H28N2OS. The van der Waals surface area contributed by atoms with E-state index in [0.29, 0.717) is 18.9 Å². The number of nitrogens with two attached hydrogens (primary N) is 1. The van der Waals surface area contributed by atoms with Crippen LogP contribution in [0.4, 0.5) is 0 Å². The zero-order valence-corrected chi connectivity index (χ0v) is 16.8. The van der Waals surface area contributed by atoms with Crippen LogP contribution >= 0.6 is 11.8 Å². The smallest absolute Gasteiger partial charge is 0.226 e. The van der Waals surface area contributed by atoms with E-state index in [1.54, 1.807) is 11.8 Å². The molecule has 0 unspecified atom stereocenters. The van der Waals surface area contributed by atoms with Gasteiger partial charge in [-0.05, 0) is 58.8 Å². The van der Waals surface area contributed by atoms with Gasteiger partial charge in [0.15, 0.2) is 0 Å². The molecule has 0 aliphatic carbocycles. The minimum atomic E-state index is 0.232. The first-order chi connectivity index (χ1) is 13.2. The first-order valence-electron chi connectivity index (χ1n) is 9.54. The number of benzene rings is 2. The van der Waals surface area contributed by atoms with Crippen molar-refractivity contribution in [3.63, 3.8) is 0 Å². The van der Waals surface area contributed by atoms with Crippen molar-refractivity contribution >= 4 is 23.7 Å². The van der Waals surface area contributed by atoms with E-state index in [1.807, 2.05) is 23.3 Å². The van der Waals surface area contributed by atoms with Crippen LogP contribution in [0, 0.1) is 0 Å². The molecule has 0 spiro atoms. The van der Waals surface area contributed by atoms with Crippen molar-refractivity contribution in [2.24, 2.45) is 5.73 Å². The van der Waals surface area contributed by atoms with Crippen LogP contribution in [0.15, 0.2) is 53.9 Å². The van der Waals surface area contributed by atoms with Gasteiger partial charge >= 0.3 is 0 Å². The van der Waals surface area contributed by atoms with E-state index in [1.165, 1.54) is 11.1 Å². The summed E-state index contributed by atoms with van der Waals surface area (Å²) in [5, 5.41) is 2.06. The van der Waals surface area contributed by atoms with E-state index in [2.05, 4.69) is 47.9 Å². The highest BCUT2D eigenvalue weighted by Gasteiger charge is 2.23. The number of nitrogens with zero attached hydrogens (tertiary/aromatic N) is 1. The molecule has 2 aromatic carbocycles. The average molecular weight is 381 g/mol. The van der Waals surface area contributed by atoms with Crippen LogP contribution in [0.25, 0.3) is 6.08 Å². The zero-order valence-electron chi connectivity index (χ0n) is 15.9. The Balaban J connectivity index is 1.56. The van der Waals surface area contributed by atoms with Crippen molar-refractivity contribution in [2.45, 2.75) is 31.7 Å². The molecule has 142 valence electrons. The molecule has 3 rings (SSSR count). The topological polar surface area (TPSA) is 46.3 Å². The van der Waals surface area contributed by atoms with Gasteiger partial charge in [0, 0.05) is 19.6 Å². The first kappa shape index (κ1) is 19.7. The summed E-state index contributed by atoms with van der Waals surface area (Å²) in [5.74, 6) is 0.760. The van der Waals surface area contributed by atoms with E-state index < -0.39 is 0 Å². The number of hydrogen-bond donors (Lipinski definition) is 1. The second kappa shape index (κ2) is 9.77. The van der Waals surface area contributed by atoms with E-state index in [9.17, 15) is 4.79 Å². The van der Waals surface area contributed by atoms with E-state index >= 15 is 0 Å². The number of piperidine rings is 1. The SMILES string of the molecule is CS/C=C/c1cccc(CC(=O)N2CCC(c3cccc(CN)c3)CC2)c1. The third-order valence-corrected chi connectivity index (χ3v) is 5.62. The minimum Gasteiger partial charge on any atom is -0.342 e. The molecule has 4 heteroatoms. The van der Waals surface area contributed by atoms with Gasteiger partial charge in [-0.15, -0.1) is 11.8 Å². The van der Waals surface area contributed by atoms with Crippen LogP contribution < -0.4 is 5.73 Å². The second-order valence-electron chi connectivity index (χ2n) is 7.06. The standard InChI is InChI=1S/C23H28N2OS/c1-27-13-10-18-4-2-5-19(14-18)16-23(26)25-11-8-21(9-12-25)22-7-3-6-20(15-22)17-24/h2-7,10,13-15,21H,8-9,11-12,16-17,24H2,1H3/b13-10+. The average Bonchev–Trinajstić information content (AvgIpc) is 2.72. The summed E-state index contributed by atoms with van der Waals surface area (Å²) in [4.78, 5) is 14.7. The maximum absolute atomic E-state index is 12.7. The number of thioether (sulfide) groups is 1. The molecule has 1 heterocycles. The number of rotatable bonds is 6. The van der Waals surface area contributed by atoms with Crippen molar-refractivity contribution in [1.29, 1.82) is 0 Å². The molecule has 1 aliphatic heterocycles. The largest absolute Gasteiger partial charge is 0.342 e. The number of hydrogen-bond acceptors (Lipinski definition) is 3. The summed E-state index contributed by atoms with van der Waals surface area (Å²) in [7, 11) is 0. The molecule has 1 amide bonds. The number of likely N-dealkylation sites (tertiary alicyclic amines) is 1. The van der Waals surface area contributed by atoms with Crippen molar-refractivity contribution < 1.29 is 4.79 Å².